The minimum Gasteiger partial charge on any atom is -0.497 e. The monoisotopic (exact) mass is 405 g/mol. The first kappa shape index (κ1) is 18.8. The molecule has 0 aliphatic rings. The van der Waals surface area contributed by atoms with Crippen LogP contribution >= 0.6 is 11.3 Å². The smallest absolute Gasteiger partial charge is 0.323 e. The van der Waals surface area contributed by atoms with Gasteiger partial charge in [-0.25, -0.2) is 9.78 Å². The second kappa shape index (κ2) is 8.20. The Bertz CT molecular complexity index is 1120. The Labute approximate surface area is 172 Å². The molecule has 0 saturated carbocycles. The Morgan fingerprint density at radius 1 is 0.931 bits per heavy atom. The van der Waals surface area contributed by atoms with Gasteiger partial charge in [0.2, 0.25) is 0 Å². The zero-order valence-corrected chi connectivity index (χ0v) is 16.7. The fraction of sp³-hybridized carbons (Fsp3) is 0.0909. The van der Waals surface area contributed by atoms with Crippen molar-refractivity contribution in [3.8, 4) is 22.1 Å². The minimum absolute atomic E-state index is 0.371. The molecule has 4 aromatic rings. The number of para-hydroxylation sites is 1. The number of hydrogen-bond acceptors (Lipinski definition) is 5. The number of benzene rings is 3. The van der Waals surface area contributed by atoms with Gasteiger partial charge in [-0.15, -0.1) is 11.3 Å². The van der Waals surface area contributed by atoms with Gasteiger partial charge in [-0.3, -0.25) is 0 Å². The predicted octanol–water partition coefficient (Wildman–Crippen LogP) is 5.62. The molecule has 1 aromatic heterocycles. The first-order valence-corrected chi connectivity index (χ1v) is 9.74. The first-order valence-electron chi connectivity index (χ1n) is 8.92. The molecular formula is C22H19N3O3S. The number of hydrogen-bond donors (Lipinski definition) is 2. The van der Waals surface area contributed by atoms with E-state index in [1.165, 1.54) is 0 Å². The highest BCUT2D eigenvalue weighted by atomic mass is 32.1. The van der Waals surface area contributed by atoms with Crippen LogP contribution in [-0.2, 0) is 0 Å². The summed E-state index contributed by atoms with van der Waals surface area (Å²) in [6.07, 6.45) is 0. The summed E-state index contributed by atoms with van der Waals surface area (Å²) in [6.45, 7) is 0. The van der Waals surface area contributed by atoms with Crippen molar-refractivity contribution in [3.05, 3.63) is 66.7 Å². The highest BCUT2D eigenvalue weighted by molar-refractivity contribution is 7.21. The first-order chi connectivity index (χ1) is 14.2. The number of amides is 2. The van der Waals surface area contributed by atoms with Gasteiger partial charge in [0.25, 0.3) is 0 Å². The number of methoxy groups -OCH3 is 2. The molecule has 3 aromatic carbocycles. The molecule has 146 valence electrons. The summed E-state index contributed by atoms with van der Waals surface area (Å²) < 4.78 is 11.6. The van der Waals surface area contributed by atoms with Gasteiger partial charge < -0.3 is 20.1 Å². The van der Waals surface area contributed by atoms with E-state index in [4.69, 9.17) is 9.47 Å². The van der Waals surface area contributed by atoms with E-state index in [-0.39, 0.29) is 6.03 Å². The zero-order chi connectivity index (χ0) is 20.2. The second-order valence-corrected chi connectivity index (χ2v) is 7.24. The van der Waals surface area contributed by atoms with Crippen LogP contribution in [-0.4, -0.2) is 25.2 Å². The number of carbonyl (C=O) groups is 1. The molecule has 0 saturated heterocycles. The van der Waals surface area contributed by atoms with Crippen LogP contribution in [0.25, 0.3) is 20.8 Å². The Balaban J connectivity index is 1.47. The number of nitrogens with one attached hydrogen (secondary N) is 2. The maximum atomic E-state index is 12.4. The molecule has 0 fully saturated rings. The summed E-state index contributed by atoms with van der Waals surface area (Å²) in [5.41, 5.74) is 3.19. The Morgan fingerprint density at radius 3 is 2.45 bits per heavy atom. The topological polar surface area (TPSA) is 72.5 Å². The Kier molecular flexibility index (Phi) is 5.31. The lowest BCUT2D eigenvalue weighted by Crippen LogP contribution is -2.19. The summed E-state index contributed by atoms with van der Waals surface area (Å²) in [5, 5.41) is 6.55. The molecule has 0 aliphatic heterocycles. The van der Waals surface area contributed by atoms with E-state index in [1.807, 2.05) is 42.5 Å². The van der Waals surface area contributed by atoms with Gasteiger partial charge in [-0.1, -0.05) is 12.1 Å². The van der Waals surface area contributed by atoms with Crippen LogP contribution in [0.3, 0.4) is 0 Å². The number of carbonyl (C=O) groups excluding carboxylic acids is 1. The third-order valence-corrected chi connectivity index (χ3v) is 5.42. The van der Waals surface area contributed by atoms with E-state index in [2.05, 4.69) is 21.7 Å². The predicted molar refractivity (Wildman–Crippen MR) is 117 cm³/mol. The van der Waals surface area contributed by atoms with Gasteiger partial charge in [-0.05, 0) is 48.5 Å². The number of anilines is 2. The van der Waals surface area contributed by atoms with Gasteiger partial charge in [-0.2, -0.15) is 0 Å². The third kappa shape index (κ3) is 4.14. The van der Waals surface area contributed by atoms with Crippen LogP contribution in [0.15, 0.2) is 66.7 Å². The molecule has 0 bridgehead atoms. The summed E-state index contributed by atoms with van der Waals surface area (Å²) >= 11 is 1.64. The molecule has 1 heterocycles. The Hall–Kier alpha value is -3.58. The van der Waals surface area contributed by atoms with E-state index in [0.717, 1.165) is 20.8 Å². The van der Waals surface area contributed by atoms with Gasteiger partial charge in [0, 0.05) is 17.3 Å². The van der Waals surface area contributed by atoms with Gasteiger partial charge in [0.15, 0.2) is 0 Å². The highest BCUT2D eigenvalue weighted by Gasteiger charge is 2.10. The van der Waals surface area contributed by atoms with Crippen molar-refractivity contribution < 1.29 is 14.3 Å². The van der Waals surface area contributed by atoms with Crippen LogP contribution in [0.4, 0.5) is 16.2 Å². The average molecular weight is 405 g/mol. The van der Waals surface area contributed by atoms with Crippen LogP contribution in [0.5, 0.6) is 11.5 Å². The van der Waals surface area contributed by atoms with Crippen molar-refractivity contribution >= 4 is 39.0 Å². The lowest BCUT2D eigenvalue weighted by molar-refractivity contribution is 0.262. The van der Waals surface area contributed by atoms with E-state index >= 15 is 0 Å². The SMILES string of the molecule is COc1ccc(OC)c(NC(=O)Nc2ccc(-c3nc4ccccc4s3)cc2)c1. The molecule has 0 unspecified atom stereocenters. The van der Waals surface area contributed by atoms with Crippen molar-refractivity contribution in [1.82, 2.24) is 4.98 Å². The standard InChI is InChI=1S/C22H19N3O3S/c1-27-16-11-12-19(28-2)18(13-16)25-22(26)23-15-9-7-14(8-10-15)21-24-17-5-3-4-6-20(17)29-21/h3-13H,1-2H3,(H2,23,25,26). The fourth-order valence-corrected chi connectivity index (χ4v) is 3.86. The fourth-order valence-electron chi connectivity index (χ4n) is 2.89. The maximum absolute atomic E-state index is 12.4. The number of nitrogens with zero attached hydrogens (tertiary/aromatic N) is 1. The molecule has 0 aliphatic carbocycles. The molecular weight excluding hydrogens is 386 g/mol. The molecule has 2 N–H and O–H groups in total. The molecule has 4 rings (SSSR count). The van der Waals surface area contributed by atoms with Crippen LogP contribution in [0.2, 0.25) is 0 Å². The molecule has 0 atom stereocenters. The highest BCUT2D eigenvalue weighted by Crippen LogP contribution is 2.31. The summed E-state index contributed by atoms with van der Waals surface area (Å²) in [6, 6.07) is 20.5. The summed E-state index contributed by atoms with van der Waals surface area (Å²) in [4.78, 5) is 17.1. The van der Waals surface area contributed by atoms with Crippen molar-refractivity contribution in [3.63, 3.8) is 0 Å². The number of thiazole rings is 1. The second-order valence-electron chi connectivity index (χ2n) is 6.21. The van der Waals surface area contributed by atoms with E-state index in [0.29, 0.717) is 22.9 Å². The van der Waals surface area contributed by atoms with Crippen LogP contribution in [0, 0.1) is 0 Å². The average Bonchev–Trinajstić information content (AvgIpc) is 3.18. The number of aromatic nitrogens is 1. The number of fused-ring (bicyclic) bond motifs is 1. The normalized spacial score (nSPS) is 10.6. The molecule has 29 heavy (non-hydrogen) atoms. The number of ether oxygens (including phenoxy) is 2. The lowest BCUT2D eigenvalue weighted by atomic mass is 10.2. The largest absolute Gasteiger partial charge is 0.497 e. The summed E-state index contributed by atoms with van der Waals surface area (Å²) in [5.74, 6) is 1.17. The number of urea groups is 1. The minimum atomic E-state index is -0.371. The lowest BCUT2D eigenvalue weighted by Gasteiger charge is -2.12. The molecule has 2 amide bonds. The van der Waals surface area contributed by atoms with Gasteiger partial charge in [0.05, 0.1) is 30.1 Å². The van der Waals surface area contributed by atoms with E-state index in [9.17, 15) is 4.79 Å². The van der Waals surface area contributed by atoms with Crippen LogP contribution < -0.4 is 20.1 Å². The molecule has 6 nitrogen and oxygen atoms in total. The Morgan fingerprint density at radius 2 is 1.72 bits per heavy atom. The van der Waals surface area contributed by atoms with Crippen molar-refractivity contribution in [2.75, 3.05) is 24.9 Å². The quantitative estimate of drug-likeness (QED) is 0.452. The van der Waals surface area contributed by atoms with Crippen molar-refractivity contribution in [2.24, 2.45) is 0 Å². The third-order valence-electron chi connectivity index (χ3n) is 4.34. The van der Waals surface area contributed by atoms with Crippen molar-refractivity contribution in [1.29, 1.82) is 0 Å². The van der Waals surface area contributed by atoms with Crippen LogP contribution in [0.1, 0.15) is 0 Å². The van der Waals surface area contributed by atoms with Gasteiger partial charge in [0.1, 0.15) is 16.5 Å². The molecule has 7 heteroatoms. The summed E-state index contributed by atoms with van der Waals surface area (Å²) in [7, 11) is 3.12. The van der Waals surface area contributed by atoms with Crippen molar-refractivity contribution in [2.45, 2.75) is 0 Å². The molecule has 0 radical (unpaired) electrons. The van der Waals surface area contributed by atoms with E-state index < -0.39 is 0 Å². The maximum Gasteiger partial charge on any atom is 0.323 e. The van der Waals surface area contributed by atoms with E-state index in [1.54, 1.807) is 43.8 Å². The zero-order valence-electron chi connectivity index (χ0n) is 15.9. The van der Waals surface area contributed by atoms with Gasteiger partial charge >= 0.3 is 6.03 Å². The molecule has 0 spiro atoms. The number of rotatable bonds is 5.